The van der Waals surface area contributed by atoms with Crippen molar-refractivity contribution in [2.75, 3.05) is 0 Å². The van der Waals surface area contributed by atoms with Gasteiger partial charge in [0.1, 0.15) is 0 Å². The molecule has 0 N–H and O–H groups in total. The lowest BCUT2D eigenvalue weighted by atomic mass is 10.2. The van der Waals surface area contributed by atoms with Crippen LogP contribution < -0.4 is 9.88 Å². The minimum atomic E-state index is 0.810. The maximum Gasteiger partial charge on any atom is 0.0805 e. The molecular formula is C9H9NS. The number of fused-ring (bicyclic) bond motifs is 2. The predicted octanol–water partition coefficient (Wildman–Crippen LogP) is 0.600. The van der Waals surface area contributed by atoms with Gasteiger partial charge in [0.2, 0.25) is 0 Å². The molecule has 0 saturated heterocycles. The molecule has 2 aliphatic carbocycles. The Balaban J connectivity index is 2.31. The van der Waals surface area contributed by atoms with Crippen molar-refractivity contribution in [1.29, 1.82) is 0 Å². The van der Waals surface area contributed by atoms with Crippen LogP contribution in [-0.4, -0.2) is 4.98 Å². The number of rotatable bonds is 0. The fourth-order valence-corrected chi connectivity index (χ4v) is 2.68. The van der Waals surface area contributed by atoms with Crippen LogP contribution in [0.1, 0.15) is 6.92 Å². The van der Waals surface area contributed by atoms with Crippen molar-refractivity contribution < 1.29 is 0 Å². The molecule has 11 heavy (non-hydrogen) atoms. The maximum absolute atomic E-state index is 4.30. The Morgan fingerprint density at radius 2 is 2.18 bits per heavy atom. The van der Waals surface area contributed by atoms with E-state index in [1.54, 1.807) is 11.3 Å². The van der Waals surface area contributed by atoms with Crippen LogP contribution in [0.25, 0.3) is 12.2 Å². The Kier molecular flexibility index (Phi) is 0.946. The first kappa shape index (κ1) is 5.95. The van der Waals surface area contributed by atoms with E-state index in [2.05, 4.69) is 24.1 Å². The molecule has 1 aromatic heterocycles. The highest BCUT2D eigenvalue weighted by molar-refractivity contribution is 7.07. The molecule has 2 heteroatoms. The molecule has 1 fully saturated rings. The standard InChI is InChI=1S/C9H9NS/c1-5-6-2-8-9(3-7(5)6)11-4-10-8/h2-7H,1H3. The zero-order valence-corrected chi connectivity index (χ0v) is 7.14. The summed E-state index contributed by atoms with van der Waals surface area (Å²) < 4.78 is 1.38. The van der Waals surface area contributed by atoms with Crippen LogP contribution in [0.4, 0.5) is 0 Å². The van der Waals surface area contributed by atoms with E-state index in [0.717, 1.165) is 17.8 Å². The molecule has 0 aromatic carbocycles. The monoisotopic (exact) mass is 163 g/mol. The van der Waals surface area contributed by atoms with Gasteiger partial charge in [0.05, 0.1) is 15.4 Å². The average molecular weight is 163 g/mol. The van der Waals surface area contributed by atoms with Gasteiger partial charge in [-0.1, -0.05) is 19.1 Å². The number of thiazole rings is 1. The largest absolute Gasteiger partial charge is 0.245 e. The van der Waals surface area contributed by atoms with Gasteiger partial charge in [-0.2, -0.15) is 0 Å². The van der Waals surface area contributed by atoms with Crippen molar-refractivity contribution >= 4 is 23.5 Å². The highest BCUT2D eigenvalue weighted by Gasteiger charge is 2.44. The fraction of sp³-hybridized carbons (Fsp3) is 0.444. The zero-order chi connectivity index (χ0) is 7.42. The topological polar surface area (TPSA) is 12.9 Å². The SMILES string of the molecule is CC1C2C=c3ncsc3=CC12. The summed E-state index contributed by atoms with van der Waals surface area (Å²) in [4.78, 5) is 4.30. The van der Waals surface area contributed by atoms with E-state index < -0.39 is 0 Å². The van der Waals surface area contributed by atoms with E-state index in [9.17, 15) is 0 Å². The van der Waals surface area contributed by atoms with Crippen LogP contribution in [0.15, 0.2) is 5.51 Å². The third kappa shape index (κ3) is 0.679. The summed E-state index contributed by atoms with van der Waals surface area (Å²) in [6.45, 7) is 2.32. The summed E-state index contributed by atoms with van der Waals surface area (Å²) in [5, 5.41) is 1.22. The van der Waals surface area contributed by atoms with E-state index in [1.807, 2.05) is 5.51 Å². The van der Waals surface area contributed by atoms with Gasteiger partial charge < -0.3 is 0 Å². The second-order valence-electron chi connectivity index (χ2n) is 3.45. The van der Waals surface area contributed by atoms with Gasteiger partial charge in [0.15, 0.2) is 0 Å². The molecule has 3 unspecified atom stereocenters. The van der Waals surface area contributed by atoms with Crippen LogP contribution >= 0.6 is 11.3 Å². The molecular weight excluding hydrogens is 154 g/mol. The summed E-state index contributed by atoms with van der Waals surface area (Å²) in [5.74, 6) is 2.52. The minimum absolute atomic E-state index is 0.810. The quantitative estimate of drug-likeness (QED) is 0.546. The highest BCUT2D eigenvalue weighted by Crippen LogP contribution is 2.48. The molecule has 2 aliphatic rings. The Morgan fingerprint density at radius 1 is 1.36 bits per heavy atom. The third-order valence-corrected chi connectivity index (χ3v) is 3.65. The molecule has 1 aromatic rings. The number of nitrogens with zero attached hydrogens (tertiary/aromatic N) is 1. The Labute approximate surface area is 69.1 Å². The molecule has 3 rings (SSSR count). The van der Waals surface area contributed by atoms with Crippen molar-refractivity contribution in [3.8, 4) is 0 Å². The maximum atomic E-state index is 4.30. The van der Waals surface area contributed by atoms with E-state index in [0.29, 0.717) is 0 Å². The van der Waals surface area contributed by atoms with E-state index in [-0.39, 0.29) is 0 Å². The Morgan fingerprint density at radius 3 is 3.09 bits per heavy atom. The Bertz CT molecular complexity index is 367. The molecule has 1 nitrogen and oxygen atoms in total. The van der Waals surface area contributed by atoms with Crippen molar-refractivity contribution in [2.45, 2.75) is 6.92 Å². The predicted molar refractivity (Wildman–Crippen MR) is 46.4 cm³/mol. The number of hydrogen-bond donors (Lipinski definition) is 0. The van der Waals surface area contributed by atoms with Crippen molar-refractivity contribution in [3.63, 3.8) is 0 Å². The summed E-state index contributed by atoms with van der Waals surface area (Å²) in [5.41, 5.74) is 1.94. The second kappa shape index (κ2) is 1.75. The molecule has 0 radical (unpaired) electrons. The first-order chi connectivity index (χ1) is 5.36. The van der Waals surface area contributed by atoms with Crippen LogP contribution in [0.3, 0.4) is 0 Å². The average Bonchev–Trinajstić information content (AvgIpc) is 2.50. The van der Waals surface area contributed by atoms with E-state index >= 15 is 0 Å². The van der Waals surface area contributed by atoms with Crippen molar-refractivity contribution in [3.05, 3.63) is 15.4 Å². The summed E-state index contributed by atoms with van der Waals surface area (Å²) >= 11 is 1.76. The third-order valence-electron chi connectivity index (χ3n) is 2.84. The summed E-state index contributed by atoms with van der Waals surface area (Å²) in [7, 11) is 0. The zero-order valence-electron chi connectivity index (χ0n) is 6.32. The van der Waals surface area contributed by atoms with Crippen molar-refractivity contribution in [1.82, 2.24) is 4.98 Å². The molecule has 3 atom stereocenters. The van der Waals surface area contributed by atoms with Crippen molar-refractivity contribution in [2.24, 2.45) is 17.8 Å². The van der Waals surface area contributed by atoms with Gasteiger partial charge in [0.25, 0.3) is 0 Å². The summed E-state index contributed by atoms with van der Waals surface area (Å²) in [6, 6.07) is 0. The van der Waals surface area contributed by atoms with Gasteiger partial charge >= 0.3 is 0 Å². The molecule has 1 heterocycles. The van der Waals surface area contributed by atoms with Gasteiger partial charge in [-0.25, -0.2) is 4.98 Å². The lowest BCUT2D eigenvalue weighted by Gasteiger charge is -1.88. The minimum Gasteiger partial charge on any atom is -0.245 e. The molecule has 0 amide bonds. The van der Waals surface area contributed by atoms with Crippen LogP contribution in [-0.2, 0) is 0 Å². The van der Waals surface area contributed by atoms with E-state index in [4.69, 9.17) is 0 Å². The number of hydrogen-bond acceptors (Lipinski definition) is 2. The second-order valence-corrected chi connectivity index (χ2v) is 4.34. The lowest BCUT2D eigenvalue weighted by Crippen LogP contribution is -2.23. The van der Waals surface area contributed by atoms with Gasteiger partial charge in [0, 0.05) is 0 Å². The van der Waals surface area contributed by atoms with Crippen LogP contribution in [0.5, 0.6) is 0 Å². The van der Waals surface area contributed by atoms with Gasteiger partial charge in [-0.15, -0.1) is 11.3 Å². The molecule has 0 bridgehead atoms. The fourth-order valence-electron chi connectivity index (χ4n) is 1.92. The number of aromatic nitrogens is 1. The smallest absolute Gasteiger partial charge is 0.0805 e. The first-order valence-electron chi connectivity index (χ1n) is 3.99. The van der Waals surface area contributed by atoms with Crippen LogP contribution in [0.2, 0.25) is 0 Å². The Hall–Kier alpha value is -0.630. The molecule has 56 valence electrons. The molecule has 1 saturated carbocycles. The lowest BCUT2D eigenvalue weighted by molar-refractivity contribution is 0.905. The van der Waals surface area contributed by atoms with E-state index in [1.165, 1.54) is 9.88 Å². The van der Waals surface area contributed by atoms with Gasteiger partial charge in [-0.3, -0.25) is 0 Å². The normalized spacial score (nSPS) is 38.1. The summed E-state index contributed by atoms with van der Waals surface area (Å²) in [6.07, 6.45) is 4.73. The molecule has 0 spiro atoms. The van der Waals surface area contributed by atoms with Crippen LogP contribution in [0, 0.1) is 17.8 Å². The first-order valence-corrected chi connectivity index (χ1v) is 4.87. The highest BCUT2D eigenvalue weighted by atomic mass is 32.1. The molecule has 0 aliphatic heterocycles. The van der Waals surface area contributed by atoms with Gasteiger partial charge in [-0.05, 0) is 17.8 Å².